The van der Waals surface area contributed by atoms with Gasteiger partial charge in [0.15, 0.2) is 25.0 Å². The van der Waals surface area contributed by atoms with Gasteiger partial charge in [0.05, 0.1) is 4.92 Å². The highest BCUT2D eigenvalue weighted by Gasteiger charge is 2.31. The number of pyridine rings is 1. The summed E-state index contributed by atoms with van der Waals surface area (Å²) < 4.78 is 13.5. The van der Waals surface area contributed by atoms with E-state index in [4.69, 9.17) is 9.15 Å². The third kappa shape index (κ3) is 3.64. The van der Waals surface area contributed by atoms with Crippen molar-refractivity contribution in [1.82, 2.24) is 0 Å². The van der Waals surface area contributed by atoms with Gasteiger partial charge in [-0.25, -0.2) is 9.36 Å². The van der Waals surface area contributed by atoms with Crippen molar-refractivity contribution in [3.63, 3.8) is 0 Å². The van der Waals surface area contributed by atoms with Crippen molar-refractivity contribution in [2.24, 2.45) is 0 Å². The molecule has 2 aromatic heterocycles. The topological polar surface area (TPSA) is 86.5 Å². The van der Waals surface area contributed by atoms with Gasteiger partial charge in [-0.15, -0.1) is 0 Å². The van der Waals surface area contributed by atoms with E-state index in [1.54, 1.807) is 6.92 Å². The molecular weight excluding hydrogens is 440 g/mol. The molecule has 7 nitrogen and oxygen atoms in total. The predicted molar refractivity (Wildman–Crippen MR) is 103 cm³/mol. The van der Waals surface area contributed by atoms with E-state index in [1.807, 2.05) is 25.4 Å². The molecule has 1 atom stereocenters. The molecule has 0 fully saturated rings. The van der Waals surface area contributed by atoms with E-state index >= 15 is 0 Å². The van der Waals surface area contributed by atoms with Crippen molar-refractivity contribution in [1.29, 1.82) is 0 Å². The SMILES string of the molecule is CCc1cc[n+](CC2Cc3cc4c(C)c([N+](=O)[O-])c(=O)oc4c(C)c3O2)cc1.[Br-]. The zero-order valence-corrected chi connectivity index (χ0v) is 18.0. The maximum atomic E-state index is 12.1. The number of rotatable bonds is 4. The van der Waals surface area contributed by atoms with Crippen LogP contribution in [0.2, 0.25) is 0 Å². The van der Waals surface area contributed by atoms with Crippen molar-refractivity contribution < 1.29 is 35.6 Å². The summed E-state index contributed by atoms with van der Waals surface area (Å²) >= 11 is 0. The van der Waals surface area contributed by atoms with Gasteiger partial charge < -0.3 is 26.1 Å². The monoisotopic (exact) mass is 460 g/mol. The van der Waals surface area contributed by atoms with Crippen molar-refractivity contribution in [3.05, 3.63) is 73.4 Å². The lowest BCUT2D eigenvalue weighted by Gasteiger charge is -2.10. The van der Waals surface area contributed by atoms with Crippen LogP contribution in [0.3, 0.4) is 0 Å². The van der Waals surface area contributed by atoms with Crippen LogP contribution in [0, 0.1) is 24.0 Å². The Balaban J connectivity index is 0.00000240. The van der Waals surface area contributed by atoms with E-state index in [-0.39, 0.29) is 23.1 Å². The normalized spacial score (nSPS) is 14.9. The highest BCUT2D eigenvalue weighted by atomic mass is 79.9. The molecule has 0 radical (unpaired) electrons. The fraction of sp³-hybridized carbons (Fsp3) is 0.333. The number of fused-ring (bicyclic) bond motifs is 2. The summed E-state index contributed by atoms with van der Waals surface area (Å²) in [4.78, 5) is 22.6. The van der Waals surface area contributed by atoms with Crippen molar-refractivity contribution in [2.75, 3.05) is 0 Å². The minimum Gasteiger partial charge on any atom is -1.00 e. The van der Waals surface area contributed by atoms with Gasteiger partial charge in [-0.3, -0.25) is 10.1 Å². The molecule has 3 heterocycles. The molecule has 0 N–H and O–H groups in total. The lowest BCUT2D eigenvalue weighted by atomic mass is 10.00. The molecule has 8 heteroatoms. The number of ether oxygens (including phenoxy) is 1. The van der Waals surface area contributed by atoms with Crippen LogP contribution < -0.4 is 31.9 Å². The minimum atomic E-state index is -0.931. The highest BCUT2D eigenvalue weighted by Crippen LogP contribution is 2.39. The van der Waals surface area contributed by atoms with Gasteiger partial charge in [-0.1, -0.05) is 6.92 Å². The highest BCUT2D eigenvalue weighted by molar-refractivity contribution is 5.88. The molecule has 4 rings (SSSR count). The maximum Gasteiger partial charge on any atom is 0.415 e. The Bertz CT molecular complexity index is 1150. The average molecular weight is 461 g/mol. The second-order valence-corrected chi connectivity index (χ2v) is 7.19. The molecular formula is C21H21BrN2O5. The number of halogens is 1. The van der Waals surface area contributed by atoms with Gasteiger partial charge in [0, 0.05) is 35.1 Å². The predicted octanol–water partition coefficient (Wildman–Crippen LogP) is 0.176. The summed E-state index contributed by atoms with van der Waals surface area (Å²) in [6.07, 6.45) is 5.72. The quantitative estimate of drug-likeness (QED) is 0.240. The maximum absolute atomic E-state index is 12.1. The summed E-state index contributed by atoms with van der Waals surface area (Å²) in [7, 11) is 0. The average Bonchev–Trinajstić information content (AvgIpc) is 3.06. The molecule has 1 aliphatic heterocycles. The molecule has 29 heavy (non-hydrogen) atoms. The number of nitrogens with zero attached hydrogens (tertiary/aromatic N) is 2. The standard InChI is InChI=1S/C21H21N2O5.BrH/c1-4-14-5-7-22(8-6-14)11-16-9-15-10-17-12(2)18(23(25)26)21(24)28-20(17)13(3)19(15)27-16;/h5-8,10,16H,4,9,11H2,1-3H3;1H/q+1;/p-1. The van der Waals surface area contributed by atoms with Crippen LogP contribution in [0.25, 0.3) is 11.0 Å². The lowest BCUT2D eigenvalue weighted by Crippen LogP contribution is -3.00. The smallest absolute Gasteiger partial charge is 0.415 e. The lowest BCUT2D eigenvalue weighted by molar-refractivity contribution is -0.702. The Hall–Kier alpha value is -2.74. The largest absolute Gasteiger partial charge is 1.00 e. The van der Waals surface area contributed by atoms with Gasteiger partial charge >= 0.3 is 11.3 Å². The molecule has 1 aliphatic rings. The van der Waals surface area contributed by atoms with Gasteiger partial charge in [0.1, 0.15) is 11.3 Å². The Morgan fingerprint density at radius 3 is 2.55 bits per heavy atom. The first kappa shape index (κ1) is 21.0. The van der Waals surface area contributed by atoms with Crippen LogP contribution in [0.5, 0.6) is 5.75 Å². The van der Waals surface area contributed by atoms with Crippen LogP contribution in [0.4, 0.5) is 5.69 Å². The third-order valence-corrected chi connectivity index (χ3v) is 5.38. The Morgan fingerprint density at radius 1 is 1.24 bits per heavy atom. The third-order valence-electron chi connectivity index (χ3n) is 5.38. The van der Waals surface area contributed by atoms with Crippen molar-refractivity contribution in [3.8, 4) is 5.75 Å². The van der Waals surface area contributed by atoms with E-state index in [9.17, 15) is 14.9 Å². The summed E-state index contributed by atoms with van der Waals surface area (Å²) in [5.41, 5.74) is 2.21. The van der Waals surface area contributed by atoms with Crippen molar-refractivity contribution in [2.45, 2.75) is 46.3 Å². The van der Waals surface area contributed by atoms with Crippen molar-refractivity contribution >= 4 is 16.7 Å². The first-order chi connectivity index (χ1) is 13.4. The number of aromatic nitrogens is 1. The van der Waals surface area contributed by atoms with Gasteiger partial charge in [0.2, 0.25) is 0 Å². The first-order valence-corrected chi connectivity index (χ1v) is 9.28. The van der Waals surface area contributed by atoms with E-state index in [0.29, 0.717) is 40.8 Å². The summed E-state index contributed by atoms with van der Waals surface area (Å²) in [5, 5.41) is 11.8. The van der Waals surface area contributed by atoms with E-state index in [0.717, 1.165) is 12.0 Å². The van der Waals surface area contributed by atoms with Gasteiger partial charge in [-0.2, -0.15) is 0 Å². The summed E-state index contributed by atoms with van der Waals surface area (Å²) in [6, 6.07) is 6.05. The summed E-state index contributed by atoms with van der Waals surface area (Å²) in [5.74, 6) is 0.708. The van der Waals surface area contributed by atoms with Crippen LogP contribution in [-0.2, 0) is 19.4 Å². The summed E-state index contributed by atoms with van der Waals surface area (Å²) in [6.45, 7) is 6.22. The second kappa shape index (κ2) is 7.94. The molecule has 0 bridgehead atoms. The number of benzene rings is 1. The molecule has 0 amide bonds. The molecule has 0 saturated heterocycles. The number of hydrogen-bond donors (Lipinski definition) is 0. The molecule has 1 aromatic carbocycles. The zero-order valence-electron chi connectivity index (χ0n) is 16.4. The van der Waals surface area contributed by atoms with Gasteiger partial charge in [-0.05, 0) is 37.5 Å². The Kier molecular flexibility index (Phi) is 5.75. The van der Waals surface area contributed by atoms with E-state index in [2.05, 4.69) is 23.6 Å². The van der Waals surface area contributed by atoms with Crippen LogP contribution >= 0.6 is 0 Å². The van der Waals surface area contributed by atoms with Crippen LogP contribution in [-0.4, -0.2) is 11.0 Å². The minimum absolute atomic E-state index is 0. The zero-order chi connectivity index (χ0) is 20.0. The number of nitro groups is 1. The number of aryl methyl sites for hydroxylation is 3. The van der Waals surface area contributed by atoms with Gasteiger partial charge in [0.25, 0.3) is 0 Å². The van der Waals surface area contributed by atoms with Crippen LogP contribution in [0.1, 0.15) is 29.2 Å². The Morgan fingerprint density at radius 2 is 1.93 bits per heavy atom. The molecule has 0 spiro atoms. The molecule has 3 aromatic rings. The fourth-order valence-electron chi connectivity index (χ4n) is 3.85. The number of hydrogen-bond acceptors (Lipinski definition) is 5. The molecule has 0 saturated carbocycles. The Labute approximate surface area is 177 Å². The fourth-order valence-corrected chi connectivity index (χ4v) is 3.85. The molecule has 0 aliphatic carbocycles. The van der Waals surface area contributed by atoms with E-state index in [1.165, 1.54) is 5.56 Å². The van der Waals surface area contributed by atoms with E-state index < -0.39 is 16.2 Å². The second-order valence-electron chi connectivity index (χ2n) is 7.19. The molecule has 152 valence electrons. The van der Waals surface area contributed by atoms with Crippen LogP contribution in [0.15, 0.2) is 39.8 Å². The molecule has 1 unspecified atom stereocenters. The first-order valence-electron chi connectivity index (χ1n) is 9.28.